The summed E-state index contributed by atoms with van der Waals surface area (Å²) in [5.41, 5.74) is 0.551. The molecule has 1 unspecified atom stereocenters. The second-order valence-electron chi connectivity index (χ2n) is 4.30. The Kier molecular flexibility index (Phi) is 3.98. The zero-order valence-corrected chi connectivity index (χ0v) is 11.6. The number of nitrogens with one attached hydrogen (secondary N) is 2. The van der Waals surface area contributed by atoms with Crippen molar-refractivity contribution in [2.24, 2.45) is 11.8 Å². The van der Waals surface area contributed by atoms with Gasteiger partial charge in [0.2, 0.25) is 5.91 Å². The minimum absolute atomic E-state index is 0.0417. The Morgan fingerprint density at radius 2 is 2.29 bits per heavy atom. The predicted molar refractivity (Wildman–Crippen MR) is 73.3 cm³/mol. The quantitative estimate of drug-likeness (QED) is 0.823. The van der Waals surface area contributed by atoms with E-state index in [4.69, 9.17) is 0 Å². The smallest absolute Gasteiger partial charge is 0.227 e. The first-order chi connectivity index (χ1) is 8.09. The average molecular weight is 348 g/mol. The maximum Gasteiger partial charge on any atom is 0.227 e. The lowest BCUT2D eigenvalue weighted by Crippen LogP contribution is -2.48. The average Bonchev–Trinajstić information content (AvgIpc) is 2.22. The van der Waals surface area contributed by atoms with E-state index in [9.17, 15) is 9.18 Å². The van der Waals surface area contributed by atoms with Gasteiger partial charge in [-0.25, -0.2) is 4.39 Å². The Morgan fingerprint density at radius 1 is 1.59 bits per heavy atom. The molecule has 2 rings (SSSR count). The van der Waals surface area contributed by atoms with Crippen molar-refractivity contribution in [2.45, 2.75) is 6.92 Å². The molecule has 0 bridgehead atoms. The zero-order chi connectivity index (χ0) is 12.4. The summed E-state index contributed by atoms with van der Waals surface area (Å²) in [6, 6.07) is 4.70. The zero-order valence-electron chi connectivity index (χ0n) is 9.47. The number of anilines is 1. The second kappa shape index (κ2) is 5.30. The fraction of sp³-hybridized carbons (Fsp3) is 0.417. The van der Waals surface area contributed by atoms with Crippen LogP contribution in [0.4, 0.5) is 10.1 Å². The van der Waals surface area contributed by atoms with Crippen molar-refractivity contribution in [3.8, 4) is 0 Å². The van der Waals surface area contributed by atoms with Gasteiger partial charge in [0, 0.05) is 5.92 Å². The SMILES string of the molecule is CC(C(=O)Nc1cccc(F)c1I)C1CNC1. The van der Waals surface area contributed by atoms with E-state index >= 15 is 0 Å². The topological polar surface area (TPSA) is 41.1 Å². The number of carbonyl (C=O) groups is 1. The van der Waals surface area contributed by atoms with Crippen LogP contribution in [0.1, 0.15) is 6.92 Å². The summed E-state index contributed by atoms with van der Waals surface area (Å²) in [5, 5.41) is 5.93. The van der Waals surface area contributed by atoms with Crippen molar-refractivity contribution in [1.82, 2.24) is 5.32 Å². The highest BCUT2D eigenvalue weighted by molar-refractivity contribution is 14.1. The Balaban J connectivity index is 2.04. The Labute approximate surface area is 113 Å². The molecule has 0 aromatic heterocycles. The molecule has 0 spiro atoms. The van der Waals surface area contributed by atoms with Gasteiger partial charge in [-0.05, 0) is 53.7 Å². The van der Waals surface area contributed by atoms with Gasteiger partial charge < -0.3 is 10.6 Å². The van der Waals surface area contributed by atoms with Gasteiger partial charge in [0.1, 0.15) is 5.82 Å². The molecule has 1 fully saturated rings. The van der Waals surface area contributed by atoms with Crippen molar-refractivity contribution in [2.75, 3.05) is 18.4 Å². The van der Waals surface area contributed by atoms with E-state index in [1.807, 2.05) is 29.5 Å². The van der Waals surface area contributed by atoms with E-state index in [-0.39, 0.29) is 17.6 Å². The molecule has 1 aromatic rings. The van der Waals surface area contributed by atoms with Crippen LogP contribution in [-0.2, 0) is 4.79 Å². The number of rotatable bonds is 3. The maximum absolute atomic E-state index is 13.3. The largest absolute Gasteiger partial charge is 0.325 e. The summed E-state index contributed by atoms with van der Waals surface area (Å²) in [5.74, 6) is -0.00193. The Morgan fingerprint density at radius 3 is 2.88 bits per heavy atom. The summed E-state index contributed by atoms with van der Waals surface area (Å²) in [4.78, 5) is 11.9. The van der Waals surface area contributed by atoms with E-state index in [1.165, 1.54) is 6.07 Å². The highest BCUT2D eigenvalue weighted by Crippen LogP contribution is 2.23. The maximum atomic E-state index is 13.3. The van der Waals surface area contributed by atoms with Crippen LogP contribution in [0.3, 0.4) is 0 Å². The number of halogens is 2. The summed E-state index contributed by atoms with van der Waals surface area (Å²) in [7, 11) is 0. The first kappa shape index (κ1) is 12.8. The van der Waals surface area contributed by atoms with Gasteiger partial charge in [0.25, 0.3) is 0 Å². The van der Waals surface area contributed by atoms with Crippen molar-refractivity contribution in [3.05, 3.63) is 27.6 Å². The molecule has 1 aliphatic rings. The standard InChI is InChI=1S/C12H14FIN2O/c1-7(8-5-15-6-8)12(17)16-10-4-2-3-9(13)11(10)14/h2-4,7-8,15H,5-6H2,1H3,(H,16,17). The first-order valence-corrected chi connectivity index (χ1v) is 6.63. The summed E-state index contributed by atoms with van der Waals surface area (Å²) in [6.07, 6.45) is 0. The molecule has 1 saturated heterocycles. The molecule has 1 aromatic carbocycles. The molecule has 1 aliphatic heterocycles. The van der Waals surface area contributed by atoms with Gasteiger partial charge in [-0.3, -0.25) is 4.79 Å². The van der Waals surface area contributed by atoms with Crippen LogP contribution in [-0.4, -0.2) is 19.0 Å². The van der Waals surface area contributed by atoms with E-state index in [0.717, 1.165) is 13.1 Å². The third kappa shape index (κ3) is 2.77. The highest BCUT2D eigenvalue weighted by atomic mass is 127. The fourth-order valence-corrected chi connectivity index (χ4v) is 2.22. The molecular weight excluding hydrogens is 334 g/mol. The normalized spacial score (nSPS) is 17.4. The van der Waals surface area contributed by atoms with Gasteiger partial charge >= 0.3 is 0 Å². The molecule has 2 N–H and O–H groups in total. The van der Waals surface area contributed by atoms with Crippen molar-refractivity contribution < 1.29 is 9.18 Å². The van der Waals surface area contributed by atoms with Crippen LogP contribution in [0.5, 0.6) is 0 Å². The Hall–Kier alpha value is -0.690. The molecular formula is C12H14FIN2O. The summed E-state index contributed by atoms with van der Waals surface area (Å²) < 4.78 is 13.8. The Bertz CT molecular complexity index is 435. The number of amides is 1. The number of hydrogen-bond acceptors (Lipinski definition) is 2. The van der Waals surface area contributed by atoms with Crippen LogP contribution in [0, 0.1) is 21.2 Å². The molecule has 1 atom stereocenters. The van der Waals surface area contributed by atoms with E-state index in [0.29, 0.717) is 15.2 Å². The second-order valence-corrected chi connectivity index (χ2v) is 5.38. The molecule has 5 heteroatoms. The lowest BCUT2D eigenvalue weighted by molar-refractivity contribution is -0.121. The van der Waals surface area contributed by atoms with Gasteiger partial charge in [0.05, 0.1) is 9.26 Å². The van der Waals surface area contributed by atoms with Gasteiger partial charge in [-0.2, -0.15) is 0 Å². The lowest BCUT2D eigenvalue weighted by Gasteiger charge is -2.31. The number of benzene rings is 1. The van der Waals surface area contributed by atoms with Crippen LogP contribution in [0.25, 0.3) is 0 Å². The molecule has 3 nitrogen and oxygen atoms in total. The molecule has 92 valence electrons. The van der Waals surface area contributed by atoms with Gasteiger partial charge in [-0.1, -0.05) is 13.0 Å². The molecule has 0 radical (unpaired) electrons. The summed E-state index contributed by atoms with van der Waals surface area (Å²) in [6.45, 7) is 3.68. The highest BCUT2D eigenvalue weighted by Gasteiger charge is 2.28. The van der Waals surface area contributed by atoms with Crippen LogP contribution in [0.15, 0.2) is 18.2 Å². The minimum atomic E-state index is -0.304. The van der Waals surface area contributed by atoms with Gasteiger partial charge in [0.15, 0.2) is 0 Å². The number of hydrogen-bond donors (Lipinski definition) is 2. The lowest BCUT2D eigenvalue weighted by atomic mass is 9.88. The fourth-order valence-electron chi connectivity index (χ4n) is 1.73. The van der Waals surface area contributed by atoms with E-state index in [2.05, 4.69) is 10.6 Å². The van der Waals surface area contributed by atoms with E-state index < -0.39 is 0 Å². The minimum Gasteiger partial charge on any atom is -0.325 e. The number of carbonyl (C=O) groups excluding carboxylic acids is 1. The van der Waals surface area contributed by atoms with Crippen molar-refractivity contribution in [1.29, 1.82) is 0 Å². The molecule has 1 amide bonds. The third-order valence-corrected chi connectivity index (χ3v) is 4.24. The van der Waals surface area contributed by atoms with Crippen molar-refractivity contribution >= 4 is 34.2 Å². The van der Waals surface area contributed by atoms with E-state index in [1.54, 1.807) is 12.1 Å². The van der Waals surface area contributed by atoms with Crippen LogP contribution in [0.2, 0.25) is 0 Å². The monoisotopic (exact) mass is 348 g/mol. The van der Waals surface area contributed by atoms with Gasteiger partial charge in [-0.15, -0.1) is 0 Å². The molecule has 0 saturated carbocycles. The molecule has 17 heavy (non-hydrogen) atoms. The first-order valence-electron chi connectivity index (χ1n) is 5.55. The molecule has 1 heterocycles. The van der Waals surface area contributed by atoms with Crippen LogP contribution < -0.4 is 10.6 Å². The van der Waals surface area contributed by atoms with Crippen LogP contribution >= 0.6 is 22.6 Å². The summed E-state index contributed by atoms with van der Waals surface area (Å²) >= 11 is 1.90. The molecule has 0 aliphatic carbocycles. The third-order valence-electron chi connectivity index (χ3n) is 3.14. The van der Waals surface area contributed by atoms with Crippen molar-refractivity contribution in [3.63, 3.8) is 0 Å². The predicted octanol–water partition coefficient (Wildman–Crippen LogP) is 2.22.